The Kier molecular flexibility index (Phi) is 3.17. The fraction of sp³-hybridized carbons (Fsp3) is 0.0769. The number of halogens is 1. The summed E-state index contributed by atoms with van der Waals surface area (Å²) in [7, 11) is -1.03. The summed E-state index contributed by atoms with van der Waals surface area (Å²) in [5.41, 5.74) is 0. The predicted molar refractivity (Wildman–Crippen MR) is 71.9 cm³/mol. The van der Waals surface area contributed by atoms with Gasteiger partial charge in [0, 0.05) is 9.79 Å². The first-order chi connectivity index (χ1) is 7.21. The molecule has 0 aliphatic heterocycles. The number of hydrogen-bond acceptors (Lipinski definition) is 0. The topological polar surface area (TPSA) is 0 Å². The van der Waals surface area contributed by atoms with Crippen LogP contribution in [0.15, 0.2) is 70.5 Å². The van der Waals surface area contributed by atoms with Crippen molar-refractivity contribution in [3.05, 3.63) is 60.7 Å². The van der Waals surface area contributed by atoms with E-state index in [0.717, 1.165) is 0 Å². The minimum Gasteiger partial charge on any atom is -0.132 e. The van der Waals surface area contributed by atoms with Crippen molar-refractivity contribution >= 4 is 23.3 Å². The van der Waals surface area contributed by atoms with Gasteiger partial charge in [0.15, 0.2) is 0 Å². The van der Waals surface area contributed by atoms with E-state index in [1.54, 1.807) is 0 Å². The molecule has 15 heavy (non-hydrogen) atoms. The minimum absolute atomic E-state index is 1.03. The first-order valence-electron chi connectivity index (χ1n) is 4.79. The van der Waals surface area contributed by atoms with E-state index in [9.17, 15) is 0 Å². The molecular formula is C13H13BrS. The maximum atomic E-state index is 3.88. The Morgan fingerprint density at radius 2 is 1.07 bits per heavy atom. The van der Waals surface area contributed by atoms with Crippen molar-refractivity contribution in [2.24, 2.45) is 0 Å². The molecule has 0 N–H and O–H groups in total. The maximum absolute atomic E-state index is 3.88. The molecule has 0 saturated heterocycles. The van der Waals surface area contributed by atoms with Gasteiger partial charge in [0.05, 0.1) is 0 Å². The van der Waals surface area contributed by atoms with E-state index in [2.05, 4.69) is 81.7 Å². The second-order valence-electron chi connectivity index (χ2n) is 3.45. The summed E-state index contributed by atoms with van der Waals surface area (Å²) in [4.78, 5) is 2.72. The van der Waals surface area contributed by atoms with Gasteiger partial charge in [-0.25, -0.2) is 0 Å². The molecule has 0 radical (unpaired) electrons. The molecule has 0 unspecified atom stereocenters. The highest BCUT2D eigenvalue weighted by atomic mass is 79.9. The average Bonchev–Trinajstić information content (AvgIpc) is 2.31. The van der Waals surface area contributed by atoms with Gasteiger partial charge in [-0.3, -0.25) is 0 Å². The van der Waals surface area contributed by atoms with Gasteiger partial charge in [-0.1, -0.05) is 36.4 Å². The van der Waals surface area contributed by atoms with Crippen LogP contribution in [-0.2, 0) is 0 Å². The van der Waals surface area contributed by atoms with Crippen LogP contribution in [0, 0.1) is 0 Å². The summed E-state index contributed by atoms with van der Waals surface area (Å²) in [5, 5.41) is 0. The molecule has 0 atom stereocenters. The van der Waals surface area contributed by atoms with E-state index >= 15 is 0 Å². The van der Waals surface area contributed by atoms with Gasteiger partial charge >= 0.3 is 0 Å². The van der Waals surface area contributed by atoms with E-state index in [0.29, 0.717) is 0 Å². The lowest BCUT2D eigenvalue weighted by Gasteiger charge is -2.29. The molecule has 0 aromatic heterocycles. The normalized spacial score (nSPS) is 12.4. The van der Waals surface area contributed by atoms with Gasteiger partial charge in [-0.2, -0.15) is 0 Å². The van der Waals surface area contributed by atoms with Crippen LogP contribution in [0.4, 0.5) is 0 Å². The summed E-state index contributed by atoms with van der Waals surface area (Å²) in [5.74, 6) is 0. The van der Waals surface area contributed by atoms with Crippen LogP contribution in [0.3, 0.4) is 0 Å². The molecule has 2 aromatic carbocycles. The second kappa shape index (κ2) is 4.42. The summed E-state index contributed by atoms with van der Waals surface area (Å²) in [6.45, 7) is 0. The zero-order chi connectivity index (χ0) is 10.7. The highest BCUT2D eigenvalue weighted by molar-refractivity contribution is 9.58. The molecule has 0 spiro atoms. The first-order valence-corrected chi connectivity index (χ1v) is 8.68. The molecule has 78 valence electrons. The Bertz CT molecular complexity index is 381. The first kappa shape index (κ1) is 10.8. The lowest BCUT2D eigenvalue weighted by molar-refractivity contribution is 1.38. The number of benzene rings is 2. The van der Waals surface area contributed by atoms with E-state index in [1.165, 1.54) is 9.79 Å². The Labute approximate surface area is 99.9 Å². The third-order valence-corrected chi connectivity index (χ3v) is 6.93. The average molecular weight is 281 g/mol. The summed E-state index contributed by atoms with van der Waals surface area (Å²) in [6.07, 6.45) is 2.26. The van der Waals surface area contributed by atoms with Crippen molar-refractivity contribution in [2.75, 3.05) is 6.26 Å². The van der Waals surface area contributed by atoms with Crippen LogP contribution in [0.5, 0.6) is 0 Å². The molecule has 0 aliphatic rings. The van der Waals surface area contributed by atoms with E-state index < -0.39 is 8.46 Å². The SMILES string of the molecule is CS(Br)(c1ccccc1)c1ccccc1. The van der Waals surface area contributed by atoms with Crippen molar-refractivity contribution < 1.29 is 0 Å². The quantitative estimate of drug-likeness (QED) is 0.738. The summed E-state index contributed by atoms with van der Waals surface area (Å²) < 4.78 is 0. The molecule has 0 fully saturated rings. The van der Waals surface area contributed by atoms with Crippen LogP contribution in [0.1, 0.15) is 0 Å². The van der Waals surface area contributed by atoms with Crippen molar-refractivity contribution in [3.8, 4) is 0 Å². The standard InChI is InChI=1S/C13H13BrS/c1-15(14,12-8-4-2-5-9-12)13-10-6-3-7-11-13/h2-11H,1H3. The smallest absolute Gasteiger partial charge is 0.00327 e. The maximum Gasteiger partial charge on any atom is 0.00327 e. The van der Waals surface area contributed by atoms with Crippen LogP contribution in [0.2, 0.25) is 0 Å². The third-order valence-electron chi connectivity index (χ3n) is 2.37. The minimum atomic E-state index is -1.03. The fourth-order valence-corrected chi connectivity index (χ4v) is 4.39. The van der Waals surface area contributed by atoms with Crippen molar-refractivity contribution in [1.82, 2.24) is 0 Å². The number of hydrogen-bond donors (Lipinski definition) is 0. The van der Waals surface area contributed by atoms with Gasteiger partial charge in [0.1, 0.15) is 0 Å². The van der Waals surface area contributed by atoms with Crippen LogP contribution < -0.4 is 0 Å². The van der Waals surface area contributed by atoms with E-state index in [1.807, 2.05) is 0 Å². The zero-order valence-corrected chi connectivity index (χ0v) is 11.0. The Hall–Kier alpha value is -0.730. The highest BCUT2D eigenvalue weighted by Crippen LogP contribution is 2.65. The van der Waals surface area contributed by atoms with Gasteiger partial charge in [-0.15, -0.1) is 8.46 Å². The second-order valence-corrected chi connectivity index (χ2v) is 9.91. The molecule has 2 heteroatoms. The van der Waals surface area contributed by atoms with Gasteiger partial charge in [0.2, 0.25) is 0 Å². The van der Waals surface area contributed by atoms with E-state index in [4.69, 9.17) is 0 Å². The summed E-state index contributed by atoms with van der Waals surface area (Å²) in [6, 6.07) is 21.2. The lowest BCUT2D eigenvalue weighted by Crippen LogP contribution is -1.90. The molecule has 0 heterocycles. The van der Waals surface area contributed by atoms with Gasteiger partial charge < -0.3 is 0 Å². The molecule has 0 amide bonds. The third kappa shape index (κ3) is 2.27. The Morgan fingerprint density at radius 1 is 0.733 bits per heavy atom. The zero-order valence-electron chi connectivity index (χ0n) is 8.56. The molecule has 0 aliphatic carbocycles. The summed E-state index contributed by atoms with van der Waals surface area (Å²) >= 11 is 3.88. The molecule has 2 rings (SSSR count). The Balaban J connectivity index is 2.44. The highest BCUT2D eigenvalue weighted by Gasteiger charge is 2.18. The molecule has 0 bridgehead atoms. The lowest BCUT2D eigenvalue weighted by atomic mass is 10.4. The van der Waals surface area contributed by atoms with Crippen LogP contribution >= 0.6 is 23.3 Å². The van der Waals surface area contributed by atoms with Crippen LogP contribution in [0.25, 0.3) is 0 Å². The Morgan fingerprint density at radius 3 is 1.40 bits per heavy atom. The fourth-order valence-electron chi connectivity index (χ4n) is 1.49. The number of rotatable bonds is 2. The molecule has 0 nitrogen and oxygen atoms in total. The monoisotopic (exact) mass is 280 g/mol. The molecule has 0 saturated carbocycles. The van der Waals surface area contributed by atoms with Crippen LogP contribution in [-0.4, -0.2) is 6.26 Å². The molecular weight excluding hydrogens is 268 g/mol. The van der Waals surface area contributed by atoms with Gasteiger partial charge in [-0.05, 0) is 45.3 Å². The van der Waals surface area contributed by atoms with E-state index in [-0.39, 0.29) is 0 Å². The van der Waals surface area contributed by atoms with Crippen molar-refractivity contribution in [1.29, 1.82) is 0 Å². The van der Waals surface area contributed by atoms with Crippen molar-refractivity contribution in [2.45, 2.75) is 9.79 Å². The van der Waals surface area contributed by atoms with Gasteiger partial charge in [0.25, 0.3) is 0 Å². The largest absolute Gasteiger partial charge is 0.132 e. The predicted octanol–water partition coefficient (Wildman–Crippen LogP) is 4.85. The molecule has 2 aromatic rings. The van der Waals surface area contributed by atoms with Crippen molar-refractivity contribution in [3.63, 3.8) is 0 Å².